The molecule has 15 heteroatoms. The van der Waals surface area contributed by atoms with Crippen LogP contribution >= 0.6 is 0 Å². The molecule has 0 aliphatic carbocycles. The topological polar surface area (TPSA) is 189 Å². The number of rotatable bonds is 20. The zero-order valence-corrected chi connectivity index (χ0v) is 27.1. The summed E-state index contributed by atoms with van der Waals surface area (Å²) in [6, 6.07) is 13.6. The fourth-order valence-corrected chi connectivity index (χ4v) is 4.65. The minimum atomic E-state index is -5.10. The normalized spacial score (nSPS) is 15.3. The summed E-state index contributed by atoms with van der Waals surface area (Å²) in [6.45, 7) is 4.30. The van der Waals surface area contributed by atoms with Gasteiger partial charge in [0, 0.05) is 13.0 Å². The van der Waals surface area contributed by atoms with Gasteiger partial charge in [-0.15, -0.1) is 0 Å². The van der Waals surface area contributed by atoms with Crippen molar-refractivity contribution in [2.45, 2.75) is 82.6 Å². The fourth-order valence-electron chi connectivity index (χ4n) is 4.65. The van der Waals surface area contributed by atoms with Crippen LogP contribution in [-0.2, 0) is 41.7 Å². The smallest absolute Gasteiger partial charge is 0.382 e. The van der Waals surface area contributed by atoms with Crippen LogP contribution in [0.1, 0.15) is 44.7 Å². The lowest BCUT2D eigenvalue weighted by Gasteiger charge is -2.35. The van der Waals surface area contributed by atoms with E-state index in [4.69, 9.17) is 10.5 Å². The maximum Gasteiger partial charge on any atom is 0.416 e. The molecule has 0 aliphatic rings. The number of aldehydes is 1. The lowest BCUT2D eigenvalue weighted by molar-refractivity contribution is -0.212. The molecule has 0 saturated heterocycles. The van der Waals surface area contributed by atoms with Crippen molar-refractivity contribution in [3.8, 4) is 0 Å². The third-order valence-electron chi connectivity index (χ3n) is 7.70. The second-order valence-corrected chi connectivity index (χ2v) is 11.8. The minimum Gasteiger partial charge on any atom is -0.382 e. The molecule has 0 fully saturated rings. The van der Waals surface area contributed by atoms with Gasteiger partial charge in [0.1, 0.15) is 24.5 Å². The van der Waals surface area contributed by atoms with Gasteiger partial charge in [-0.05, 0) is 36.8 Å². The Kier molecular flexibility index (Phi) is 15.7. The summed E-state index contributed by atoms with van der Waals surface area (Å²) >= 11 is 0. The minimum absolute atomic E-state index is 0.0796. The lowest BCUT2D eigenvalue weighted by Crippen LogP contribution is -2.63. The van der Waals surface area contributed by atoms with E-state index in [2.05, 4.69) is 16.0 Å². The molecule has 5 unspecified atom stereocenters. The highest BCUT2D eigenvalue weighted by molar-refractivity contribution is 5.90. The molecule has 2 rings (SSSR count). The van der Waals surface area contributed by atoms with Gasteiger partial charge in [0.05, 0.1) is 18.7 Å². The van der Waals surface area contributed by atoms with Crippen LogP contribution in [0.3, 0.4) is 0 Å². The Morgan fingerprint density at radius 2 is 1.50 bits per heavy atom. The van der Waals surface area contributed by atoms with Crippen molar-refractivity contribution >= 4 is 29.9 Å². The number of alkyl halides is 3. The number of primary amides is 1. The summed E-state index contributed by atoms with van der Waals surface area (Å²) in [6.07, 6.45) is -8.56. The first-order chi connectivity index (χ1) is 22.6. The number of halogens is 3. The van der Waals surface area contributed by atoms with Gasteiger partial charge < -0.3 is 41.6 Å². The number of nitrogens with two attached hydrogens (primary N) is 1. The first kappa shape index (κ1) is 39.8. The Labute approximate surface area is 277 Å². The van der Waals surface area contributed by atoms with Gasteiger partial charge in [-0.3, -0.25) is 19.2 Å². The largest absolute Gasteiger partial charge is 0.416 e. The molecular weight excluding hydrogens is 635 g/mol. The van der Waals surface area contributed by atoms with Crippen molar-refractivity contribution in [1.82, 2.24) is 21.3 Å². The van der Waals surface area contributed by atoms with E-state index >= 15 is 0 Å². The van der Waals surface area contributed by atoms with Crippen LogP contribution in [0.5, 0.6) is 0 Å². The van der Waals surface area contributed by atoms with Crippen LogP contribution in [0.25, 0.3) is 0 Å². The molecule has 0 radical (unpaired) electrons. The van der Waals surface area contributed by atoms with Crippen molar-refractivity contribution in [2.75, 3.05) is 13.2 Å². The molecule has 2 aromatic rings. The molecule has 264 valence electrons. The maximum atomic E-state index is 13.5. The van der Waals surface area contributed by atoms with E-state index < -0.39 is 78.3 Å². The first-order valence-electron chi connectivity index (χ1n) is 15.4. The van der Waals surface area contributed by atoms with E-state index in [1.807, 2.05) is 35.6 Å². The van der Waals surface area contributed by atoms with E-state index in [0.717, 1.165) is 5.56 Å². The molecule has 4 amide bonds. The highest BCUT2D eigenvalue weighted by Crippen LogP contribution is 2.24. The Morgan fingerprint density at radius 1 is 0.917 bits per heavy atom. The predicted molar refractivity (Wildman–Crippen MR) is 170 cm³/mol. The average molecular weight is 680 g/mol. The van der Waals surface area contributed by atoms with E-state index in [1.165, 1.54) is 6.92 Å². The zero-order valence-electron chi connectivity index (χ0n) is 27.1. The number of carbonyl (C=O) groups is 5. The van der Waals surface area contributed by atoms with Gasteiger partial charge in [0.2, 0.25) is 23.6 Å². The average Bonchev–Trinajstić information content (AvgIpc) is 3.04. The Hall–Kier alpha value is -4.34. The SMILES string of the molecule is CC(NC(=O)C(Cc1ccccc1)NCC(C=O)(NC(=O)COCc1ccccc1)C(C)C)C(=O)NC(CCC(N)=O)C(O)C(F)(F)F. The van der Waals surface area contributed by atoms with Crippen LogP contribution in [0.2, 0.25) is 0 Å². The van der Waals surface area contributed by atoms with Crippen LogP contribution in [0, 0.1) is 5.92 Å². The molecule has 0 saturated carbocycles. The maximum absolute atomic E-state index is 13.5. The van der Waals surface area contributed by atoms with Crippen LogP contribution in [0.15, 0.2) is 60.7 Å². The number of ether oxygens (including phenoxy) is 1. The third kappa shape index (κ3) is 13.0. The van der Waals surface area contributed by atoms with Gasteiger partial charge in [-0.1, -0.05) is 74.5 Å². The molecule has 5 atom stereocenters. The molecule has 7 N–H and O–H groups in total. The summed E-state index contributed by atoms with van der Waals surface area (Å²) in [5.41, 5.74) is 5.13. The van der Waals surface area contributed by atoms with Gasteiger partial charge >= 0.3 is 6.18 Å². The number of nitrogens with one attached hydrogen (secondary N) is 4. The summed E-state index contributed by atoms with van der Waals surface area (Å²) < 4.78 is 45.2. The molecule has 12 nitrogen and oxygen atoms in total. The molecule has 2 aromatic carbocycles. The first-order valence-corrected chi connectivity index (χ1v) is 15.4. The monoisotopic (exact) mass is 679 g/mol. The molecular formula is C33H44F3N5O7. The quantitative estimate of drug-likeness (QED) is 0.113. The van der Waals surface area contributed by atoms with Crippen LogP contribution in [0.4, 0.5) is 13.2 Å². The second kappa shape index (κ2) is 18.9. The van der Waals surface area contributed by atoms with E-state index in [1.54, 1.807) is 44.2 Å². The van der Waals surface area contributed by atoms with Crippen molar-refractivity contribution < 1.29 is 47.0 Å². The number of aliphatic hydroxyl groups excluding tert-OH is 1. The van der Waals surface area contributed by atoms with Gasteiger partial charge in [-0.2, -0.15) is 13.2 Å². The van der Waals surface area contributed by atoms with E-state index in [-0.39, 0.29) is 26.2 Å². The summed E-state index contributed by atoms with van der Waals surface area (Å²) in [5.74, 6) is -3.71. The van der Waals surface area contributed by atoms with E-state index in [9.17, 15) is 42.3 Å². The molecule has 0 aliphatic heterocycles. The molecule has 0 aromatic heterocycles. The van der Waals surface area contributed by atoms with Crippen molar-refractivity contribution in [3.63, 3.8) is 0 Å². The Balaban J connectivity index is 2.16. The standard InChI is InChI=1S/C33H44F3N5O7/c1-21(2)32(20-42,41-28(44)18-48-17-24-12-8-5-9-13-24)19-38-26(16-23-10-6-4-7-11-23)31(47)39-22(3)30(46)40-25(14-15-27(37)43)29(45)33(34,35)36/h4-13,20-22,25-26,29,38,45H,14-19H2,1-3H3,(H2,37,43)(H,39,47)(H,40,46)(H,41,44). The van der Waals surface area contributed by atoms with Crippen molar-refractivity contribution in [2.24, 2.45) is 11.7 Å². The molecule has 48 heavy (non-hydrogen) atoms. The summed E-state index contributed by atoms with van der Waals surface area (Å²) in [4.78, 5) is 62.8. The Bertz CT molecular complexity index is 1350. The predicted octanol–water partition coefficient (Wildman–Crippen LogP) is 1.29. The summed E-state index contributed by atoms with van der Waals surface area (Å²) in [7, 11) is 0. The number of carbonyl (C=O) groups excluding carboxylic acids is 5. The number of benzene rings is 2. The number of hydrogen-bond acceptors (Lipinski definition) is 8. The molecule has 0 spiro atoms. The fraction of sp³-hybridized carbons (Fsp3) is 0.485. The lowest BCUT2D eigenvalue weighted by atomic mass is 9.87. The van der Waals surface area contributed by atoms with Crippen LogP contribution < -0.4 is 27.0 Å². The number of amides is 4. The number of aliphatic hydroxyl groups is 1. The van der Waals surface area contributed by atoms with Crippen molar-refractivity contribution in [3.05, 3.63) is 71.8 Å². The molecule has 0 bridgehead atoms. The van der Waals surface area contributed by atoms with Gasteiger partial charge in [-0.25, -0.2) is 0 Å². The highest BCUT2D eigenvalue weighted by Gasteiger charge is 2.44. The molecule has 0 heterocycles. The highest BCUT2D eigenvalue weighted by atomic mass is 19.4. The van der Waals surface area contributed by atoms with Crippen molar-refractivity contribution in [1.29, 1.82) is 0 Å². The Morgan fingerprint density at radius 3 is 2.02 bits per heavy atom. The van der Waals surface area contributed by atoms with E-state index in [0.29, 0.717) is 11.8 Å². The van der Waals surface area contributed by atoms with Gasteiger partial charge in [0.15, 0.2) is 6.10 Å². The van der Waals surface area contributed by atoms with Crippen LogP contribution in [-0.4, -0.2) is 84.1 Å². The number of hydrogen-bond donors (Lipinski definition) is 6. The third-order valence-corrected chi connectivity index (χ3v) is 7.70. The zero-order chi connectivity index (χ0) is 35.9. The van der Waals surface area contributed by atoms with Gasteiger partial charge in [0.25, 0.3) is 0 Å². The second-order valence-electron chi connectivity index (χ2n) is 11.8. The summed E-state index contributed by atoms with van der Waals surface area (Å²) in [5, 5.41) is 20.0.